The summed E-state index contributed by atoms with van der Waals surface area (Å²) in [5.74, 6) is -0.361. The summed E-state index contributed by atoms with van der Waals surface area (Å²) >= 11 is 0. The maximum absolute atomic E-state index is 12.8. The number of likely N-dealkylation sites (tertiary alicyclic amines) is 2. The Kier molecular flexibility index (Phi) is 5.07. The lowest BCUT2D eigenvalue weighted by atomic mass is 9.93. The van der Waals surface area contributed by atoms with E-state index in [0.29, 0.717) is 51.2 Å². The molecule has 0 aliphatic carbocycles. The summed E-state index contributed by atoms with van der Waals surface area (Å²) in [6.45, 7) is 4.26. The van der Waals surface area contributed by atoms with Gasteiger partial charge in [0.2, 0.25) is 5.91 Å². The summed E-state index contributed by atoms with van der Waals surface area (Å²) in [6.07, 6.45) is 3.03. The van der Waals surface area contributed by atoms with E-state index >= 15 is 0 Å². The molecule has 0 radical (unpaired) electrons. The van der Waals surface area contributed by atoms with E-state index in [4.69, 9.17) is 4.74 Å². The number of hydrogen-bond donors (Lipinski definition) is 1. The highest BCUT2D eigenvalue weighted by molar-refractivity contribution is 6.07. The van der Waals surface area contributed by atoms with Crippen LogP contribution in [0.4, 0.5) is 0 Å². The predicted molar refractivity (Wildman–Crippen MR) is 104 cm³/mol. The van der Waals surface area contributed by atoms with Crippen molar-refractivity contribution < 1.29 is 19.1 Å². The Morgan fingerprint density at radius 2 is 1.79 bits per heavy atom. The molecule has 2 aromatic rings. The molecule has 1 N–H and O–H groups in total. The molecule has 2 aliphatic heterocycles. The zero-order chi connectivity index (χ0) is 19.7. The number of esters is 1. The van der Waals surface area contributed by atoms with E-state index in [2.05, 4.69) is 4.98 Å². The van der Waals surface area contributed by atoms with Crippen LogP contribution in [0.25, 0.3) is 10.9 Å². The standard InChI is InChI=1S/C21H25N3O4/c1-2-28-21(27)14-7-9-23(10-8-14)19(25)15-12-24(13-15)20(26)17-11-22-18-6-4-3-5-16(17)18/h3-6,11,14-15,22H,2,7-10,12-13H2,1H3. The molecule has 2 aliphatic rings. The number of aromatic nitrogens is 1. The molecule has 0 spiro atoms. The average molecular weight is 383 g/mol. The van der Waals surface area contributed by atoms with Crippen LogP contribution >= 0.6 is 0 Å². The lowest BCUT2D eigenvalue weighted by molar-refractivity contribution is -0.152. The fraction of sp³-hybridized carbons (Fsp3) is 0.476. The minimum absolute atomic E-state index is 0.0393. The van der Waals surface area contributed by atoms with Gasteiger partial charge in [0, 0.05) is 43.3 Å². The van der Waals surface area contributed by atoms with Gasteiger partial charge in [-0.1, -0.05) is 18.2 Å². The molecule has 28 heavy (non-hydrogen) atoms. The van der Waals surface area contributed by atoms with Crippen molar-refractivity contribution in [3.8, 4) is 0 Å². The van der Waals surface area contributed by atoms with Gasteiger partial charge in [0.1, 0.15) is 0 Å². The quantitative estimate of drug-likeness (QED) is 0.819. The van der Waals surface area contributed by atoms with Crippen molar-refractivity contribution in [3.05, 3.63) is 36.0 Å². The monoisotopic (exact) mass is 383 g/mol. The van der Waals surface area contributed by atoms with Crippen molar-refractivity contribution in [2.24, 2.45) is 11.8 Å². The molecule has 0 saturated carbocycles. The van der Waals surface area contributed by atoms with Gasteiger partial charge in [-0.05, 0) is 25.8 Å². The van der Waals surface area contributed by atoms with Gasteiger partial charge in [-0.3, -0.25) is 14.4 Å². The number of H-pyrrole nitrogens is 1. The summed E-state index contributed by atoms with van der Waals surface area (Å²) in [5, 5.41) is 0.906. The van der Waals surface area contributed by atoms with Gasteiger partial charge in [0.25, 0.3) is 5.91 Å². The summed E-state index contributed by atoms with van der Waals surface area (Å²) in [7, 11) is 0. The molecule has 7 nitrogen and oxygen atoms in total. The zero-order valence-electron chi connectivity index (χ0n) is 16.0. The molecule has 4 rings (SSSR count). The largest absolute Gasteiger partial charge is 0.466 e. The highest BCUT2D eigenvalue weighted by atomic mass is 16.5. The van der Waals surface area contributed by atoms with Crippen molar-refractivity contribution in [2.45, 2.75) is 19.8 Å². The Hall–Kier alpha value is -2.83. The van der Waals surface area contributed by atoms with Gasteiger partial charge in [0.05, 0.1) is 24.0 Å². The number of fused-ring (bicyclic) bond motifs is 1. The maximum atomic E-state index is 12.8. The molecule has 2 amide bonds. The Bertz CT molecular complexity index is 892. The first-order valence-electron chi connectivity index (χ1n) is 9.89. The smallest absolute Gasteiger partial charge is 0.309 e. The highest BCUT2D eigenvalue weighted by Gasteiger charge is 2.40. The van der Waals surface area contributed by atoms with Crippen LogP contribution in [0.1, 0.15) is 30.1 Å². The third-order valence-electron chi connectivity index (χ3n) is 5.76. The Morgan fingerprint density at radius 1 is 1.07 bits per heavy atom. The molecule has 7 heteroatoms. The molecule has 2 saturated heterocycles. The van der Waals surface area contributed by atoms with Gasteiger partial charge in [-0.2, -0.15) is 0 Å². The van der Waals surface area contributed by atoms with Crippen LogP contribution in [0, 0.1) is 11.8 Å². The Balaban J connectivity index is 1.30. The maximum Gasteiger partial charge on any atom is 0.309 e. The highest BCUT2D eigenvalue weighted by Crippen LogP contribution is 2.27. The first kappa shape index (κ1) is 18.5. The summed E-state index contributed by atoms with van der Waals surface area (Å²) in [4.78, 5) is 44.0. The summed E-state index contributed by atoms with van der Waals surface area (Å²) in [6, 6.07) is 7.70. The third-order valence-corrected chi connectivity index (χ3v) is 5.76. The van der Waals surface area contributed by atoms with E-state index in [0.717, 1.165) is 10.9 Å². The molecule has 0 unspecified atom stereocenters. The van der Waals surface area contributed by atoms with Gasteiger partial charge in [-0.25, -0.2) is 0 Å². The first-order chi connectivity index (χ1) is 13.6. The van der Waals surface area contributed by atoms with Crippen molar-refractivity contribution in [3.63, 3.8) is 0 Å². The number of carbonyl (C=O) groups excluding carboxylic acids is 3. The van der Waals surface area contributed by atoms with Gasteiger partial charge in [0.15, 0.2) is 0 Å². The van der Waals surface area contributed by atoms with Crippen LogP contribution in [0.3, 0.4) is 0 Å². The number of piperidine rings is 1. The molecule has 2 fully saturated rings. The molecule has 3 heterocycles. The molecule has 148 valence electrons. The second kappa shape index (κ2) is 7.66. The second-order valence-corrected chi connectivity index (χ2v) is 7.51. The van der Waals surface area contributed by atoms with E-state index in [-0.39, 0.29) is 29.6 Å². The minimum Gasteiger partial charge on any atom is -0.466 e. The SMILES string of the molecule is CCOC(=O)C1CCN(C(=O)C2CN(C(=O)c3c[nH]c4ccccc34)C2)CC1. The first-order valence-corrected chi connectivity index (χ1v) is 9.89. The number of carbonyl (C=O) groups is 3. The average Bonchev–Trinajstić information content (AvgIpc) is 3.11. The van der Waals surface area contributed by atoms with E-state index in [9.17, 15) is 14.4 Å². The number of nitrogens with one attached hydrogen (secondary N) is 1. The van der Waals surface area contributed by atoms with Gasteiger partial charge < -0.3 is 19.5 Å². The van der Waals surface area contributed by atoms with Crippen LogP contribution < -0.4 is 0 Å². The number of aromatic amines is 1. The fourth-order valence-corrected chi connectivity index (χ4v) is 4.07. The van der Waals surface area contributed by atoms with Crippen LogP contribution in [0.5, 0.6) is 0 Å². The lowest BCUT2D eigenvalue weighted by Crippen LogP contribution is -2.57. The van der Waals surface area contributed by atoms with Crippen LogP contribution in [0.2, 0.25) is 0 Å². The molecule has 0 bridgehead atoms. The second-order valence-electron chi connectivity index (χ2n) is 7.51. The number of ether oxygens (including phenoxy) is 1. The zero-order valence-corrected chi connectivity index (χ0v) is 16.0. The van der Waals surface area contributed by atoms with Crippen molar-refractivity contribution in [1.82, 2.24) is 14.8 Å². The number of rotatable bonds is 4. The number of nitrogens with zero attached hydrogens (tertiary/aromatic N) is 2. The number of hydrogen-bond acceptors (Lipinski definition) is 4. The Labute approximate surface area is 163 Å². The third kappa shape index (κ3) is 3.37. The fourth-order valence-electron chi connectivity index (χ4n) is 4.07. The molecule has 1 aromatic carbocycles. The lowest BCUT2D eigenvalue weighted by Gasteiger charge is -2.42. The summed E-state index contributed by atoms with van der Waals surface area (Å²) in [5.41, 5.74) is 1.58. The Morgan fingerprint density at radius 3 is 2.50 bits per heavy atom. The predicted octanol–water partition coefficient (Wildman–Crippen LogP) is 2.04. The summed E-state index contributed by atoms with van der Waals surface area (Å²) < 4.78 is 5.07. The van der Waals surface area contributed by atoms with E-state index in [1.165, 1.54) is 0 Å². The van der Waals surface area contributed by atoms with Crippen LogP contribution in [-0.4, -0.2) is 65.4 Å². The normalized spacial score (nSPS) is 18.2. The van der Waals surface area contributed by atoms with Gasteiger partial charge >= 0.3 is 5.97 Å². The number of benzene rings is 1. The van der Waals surface area contributed by atoms with E-state index < -0.39 is 0 Å². The molecule has 1 aromatic heterocycles. The van der Waals surface area contributed by atoms with Crippen LogP contribution in [0.15, 0.2) is 30.5 Å². The molecular formula is C21H25N3O4. The molecular weight excluding hydrogens is 358 g/mol. The molecule has 0 atom stereocenters. The topological polar surface area (TPSA) is 82.7 Å². The van der Waals surface area contributed by atoms with E-state index in [1.54, 1.807) is 18.0 Å². The van der Waals surface area contributed by atoms with Crippen LogP contribution in [-0.2, 0) is 14.3 Å². The number of amides is 2. The number of para-hydroxylation sites is 1. The van der Waals surface area contributed by atoms with Gasteiger partial charge in [-0.15, -0.1) is 0 Å². The van der Waals surface area contributed by atoms with Crippen molar-refractivity contribution >= 4 is 28.7 Å². The van der Waals surface area contributed by atoms with Crippen molar-refractivity contribution in [2.75, 3.05) is 32.8 Å². The van der Waals surface area contributed by atoms with E-state index in [1.807, 2.05) is 29.2 Å². The minimum atomic E-state index is -0.159. The van der Waals surface area contributed by atoms with Crippen molar-refractivity contribution in [1.29, 1.82) is 0 Å².